The van der Waals surface area contributed by atoms with Crippen molar-refractivity contribution in [2.24, 2.45) is 5.73 Å². The number of nitrogen functional groups attached to an aromatic ring is 1. The summed E-state index contributed by atoms with van der Waals surface area (Å²) in [4.78, 5) is 23.5. The summed E-state index contributed by atoms with van der Waals surface area (Å²) >= 11 is 0. The van der Waals surface area contributed by atoms with Gasteiger partial charge in [0.1, 0.15) is 42.5 Å². The Balaban J connectivity index is 1.29. The van der Waals surface area contributed by atoms with E-state index in [0.29, 0.717) is 22.5 Å². The van der Waals surface area contributed by atoms with Crippen molar-refractivity contribution in [1.29, 1.82) is 0 Å². The molecule has 6 N–H and O–H groups in total. The Hall–Kier alpha value is -4.06. The molecule has 11 heteroatoms. The van der Waals surface area contributed by atoms with E-state index in [1.165, 1.54) is 17.2 Å². The number of nitrogens with zero attached hydrogens (tertiary/aromatic N) is 4. The van der Waals surface area contributed by atoms with E-state index >= 15 is 0 Å². The van der Waals surface area contributed by atoms with Crippen molar-refractivity contribution < 1.29 is 24.5 Å². The molecule has 2 aromatic carbocycles. The van der Waals surface area contributed by atoms with Gasteiger partial charge in [-0.2, -0.15) is 0 Å². The summed E-state index contributed by atoms with van der Waals surface area (Å²) < 4.78 is 13.3. The third-order valence-electron chi connectivity index (χ3n) is 5.75. The fraction of sp³-hybridized carbons (Fsp3) is 0.217. The van der Waals surface area contributed by atoms with Crippen LogP contribution in [0.3, 0.4) is 0 Å². The van der Waals surface area contributed by atoms with Gasteiger partial charge in [-0.15, -0.1) is 0 Å². The van der Waals surface area contributed by atoms with Crippen LogP contribution in [0, 0.1) is 0 Å². The van der Waals surface area contributed by atoms with E-state index in [1.54, 1.807) is 30.3 Å². The predicted octanol–water partition coefficient (Wildman–Crippen LogP) is 0.873. The molecular weight excluding hydrogens is 440 g/mol. The average molecular weight is 462 g/mol. The third-order valence-corrected chi connectivity index (χ3v) is 5.75. The third kappa shape index (κ3) is 3.92. The minimum atomic E-state index is -1.22. The molecule has 0 aliphatic carbocycles. The van der Waals surface area contributed by atoms with Gasteiger partial charge >= 0.3 is 0 Å². The molecule has 2 aromatic heterocycles. The van der Waals surface area contributed by atoms with Gasteiger partial charge in [0.25, 0.3) is 0 Å². The van der Waals surface area contributed by atoms with E-state index in [4.69, 9.17) is 20.9 Å². The molecule has 1 amide bonds. The van der Waals surface area contributed by atoms with Crippen LogP contribution in [0.1, 0.15) is 16.6 Å². The Morgan fingerprint density at radius 3 is 2.62 bits per heavy atom. The van der Waals surface area contributed by atoms with Crippen molar-refractivity contribution in [3.05, 3.63) is 66.7 Å². The molecule has 174 valence electrons. The number of anilines is 1. The molecule has 11 nitrogen and oxygen atoms in total. The Morgan fingerprint density at radius 1 is 1.06 bits per heavy atom. The van der Waals surface area contributed by atoms with Crippen LogP contribution in [0.4, 0.5) is 5.82 Å². The van der Waals surface area contributed by atoms with Crippen LogP contribution < -0.4 is 16.2 Å². The zero-order valence-electron chi connectivity index (χ0n) is 17.9. The lowest BCUT2D eigenvalue weighted by molar-refractivity contribution is -0.0474. The molecule has 4 aromatic rings. The number of amides is 1. The second-order valence-electron chi connectivity index (χ2n) is 7.91. The number of hydrogen-bond acceptors (Lipinski definition) is 9. The van der Waals surface area contributed by atoms with Gasteiger partial charge in [-0.1, -0.05) is 24.3 Å². The number of aliphatic hydroxyl groups excluding tert-OH is 2. The minimum Gasteiger partial charge on any atom is -0.491 e. The zero-order valence-corrected chi connectivity index (χ0v) is 17.9. The van der Waals surface area contributed by atoms with Crippen molar-refractivity contribution in [1.82, 2.24) is 19.5 Å². The van der Waals surface area contributed by atoms with Crippen LogP contribution >= 0.6 is 0 Å². The van der Waals surface area contributed by atoms with Crippen molar-refractivity contribution in [3.63, 3.8) is 0 Å². The maximum Gasteiger partial charge on any atom is 0.248 e. The number of aromatic nitrogens is 4. The Labute approximate surface area is 193 Å². The first kappa shape index (κ1) is 21.8. The highest BCUT2D eigenvalue weighted by molar-refractivity contribution is 5.93. The number of benzene rings is 2. The number of carbonyl (C=O) groups is 1. The van der Waals surface area contributed by atoms with Crippen LogP contribution in [0.15, 0.2) is 61.2 Å². The van der Waals surface area contributed by atoms with Gasteiger partial charge in [-0.05, 0) is 35.4 Å². The van der Waals surface area contributed by atoms with Gasteiger partial charge < -0.3 is 31.2 Å². The minimum absolute atomic E-state index is 0.00253. The summed E-state index contributed by atoms with van der Waals surface area (Å²) in [5, 5.41) is 21.1. The van der Waals surface area contributed by atoms with Crippen molar-refractivity contribution in [3.8, 4) is 16.9 Å². The molecule has 5 rings (SSSR count). The van der Waals surface area contributed by atoms with Gasteiger partial charge in [-0.25, -0.2) is 15.0 Å². The maximum atomic E-state index is 11.3. The number of nitrogens with two attached hydrogens (primary N) is 2. The number of ether oxygens (including phenoxy) is 2. The highest BCUT2D eigenvalue weighted by Gasteiger charge is 2.44. The first-order valence-electron chi connectivity index (χ1n) is 10.5. The second kappa shape index (κ2) is 8.71. The monoisotopic (exact) mass is 462 g/mol. The molecule has 0 bridgehead atoms. The zero-order chi connectivity index (χ0) is 23.8. The van der Waals surface area contributed by atoms with E-state index in [0.717, 1.165) is 11.1 Å². The number of hydrogen-bond donors (Lipinski definition) is 4. The predicted molar refractivity (Wildman–Crippen MR) is 122 cm³/mol. The molecule has 3 heterocycles. The van der Waals surface area contributed by atoms with E-state index in [-0.39, 0.29) is 12.4 Å². The SMILES string of the molecule is NC(=O)c1ccc(-c2cccc(OC[C@H]3O[C@@H](n4cnc5c(N)ncnc54)[C@H](O)[C@@H]3O)c2)cc1. The normalized spacial score (nSPS) is 22.2. The first-order chi connectivity index (χ1) is 16.4. The Bertz CT molecular complexity index is 1340. The number of aliphatic hydroxyl groups is 2. The lowest BCUT2D eigenvalue weighted by atomic mass is 10.0. The summed E-state index contributed by atoms with van der Waals surface area (Å²) in [6.07, 6.45) is -1.40. The van der Waals surface area contributed by atoms with Crippen LogP contribution in [0.2, 0.25) is 0 Å². The molecule has 0 saturated carbocycles. The largest absolute Gasteiger partial charge is 0.491 e. The fourth-order valence-corrected chi connectivity index (χ4v) is 3.92. The molecule has 1 fully saturated rings. The summed E-state index contributed by atoms with van der Waals surface area (Å²) in [5.74, 6) is 0.276. The van der Waals surface area contributed by atoms with E-state index < -0.39 is 30.4 Å². The number of carbonyl (C=O) groups excluding carboxylic acids is 1. The topological polar surface area (TPSA) is 172 Å². The molecule has 1 aliphatic rings. The lowest BCUT2D eigenvalue weighted by Crippen LogP contribution is -2.34. The summed E-state index contributed by atoms with van der Waals surface area (Å²) in [6, 6.07) is 14.3. The molecule has 0 spiro atoms. The Kier molecular flexibility index (Phi) is 5.57. The lowest BCUT2D eigenvalue weighted by Gasteiger charge is -2.16. The van der Waals surface area contributed by atoms with Crippen molar-refractivity contribution in [2.45, 2.75) is 24.5 Å². The maximum absolute atomic E-state index is 11.3. The van der Waals surface area contributed by atoms with Gasteiger partial charge in [0.05, 0.1) is 6.33 Å². The fourth-order valence-electron chi connectivity index (χ4n) is 3.92. The molecule has 4 atom stereocenters. The Morgan fingerprint density at radius 2 is 1.85 bits per heavy atom. The van der Waals surface area contributed by atoms with Crippen molar-refractivity contribution >= 4 is 22.9 Å². The van der Waals surface area contributed by atoms with Gasteiger partial charge in [-0.3, -0.25) is 9.36 Å². The summed E-state index contributed by atoms with van der Waals surface area (Å²) in [6.45, 7) is 0.00253. The average Bonchev–Trinajstić information content (AvgIpc) is 3.40. The number of imidazole rings is 1. The summed E-state index contributed by atoms with van der Waals surface area (Å²) in [7, 11) is 0. The highest BCUT2D eigenvalue weighted by atomic mass is 16.6. The molecule has 0 radical (unpaired) electrons. The number of rotatable bonds is 6. The van der Waals surface area contributed by atoms with Crippen LogP contribution in [-0.4, -0.2) is 60.6 Å². The quantitative estimate of drug-likeness (QED) is 0.324. The number of primary amides is 1. The summed E-state index contributed by atoms with van der Waals surface area (Å²) in [5.41, 5.74) is 14.1. The van der Waals surface area contributed by atoms with Crippen LogP contribution in [-0.2, 0) is 4.74 Å². The van der Waals surface area contributed by atoms with Crippen molar-refractivity contribution in [2.75, 3.05) is 12.3 Å². The molecule has 0 unspecified atom stereocenters. The smallest absolute Gasteiger partial charge is 0.248 e. The number of fused-ring (bicyclic) bond motifs is 1. The van der Waals surface area contributed by atoms with E-state index in [2.05, 4.69) is 15.0 Å². The van der Waals surface area contributed by atoms with E-state index in [9.17, 15) is 15.0 Å². The van der Waals surface area contributed by atoms with Gasteiger partial charge in [0.2, 0.25) is 5.91 Å². The highest BCUT2D eigenvalue weighted by Crippen LogP contribution is 2.32. The van der Waals surface area contributed by atoms with Gasteiger partial charge in [0.15, 0.2) is 17.7 Å². The molecular formula is C23H22N6O5. The second-order valence-corrected chi connectivity index (χ2v) is 7.91. The standard InChI is InChI=1S/C23H22N6O5/c24-20-17-22(27-10-26-20)29(11-28-17)23-19(31)18(30)16(34-23)9-33-15-3-1-2-14(8-15)12-4-6-13(7-5-12)21(25)32/h1-8,10-11,16,18-19,23,30-31H,9H2,(H2,25,32)(H2,24,26,27)/t16-,18-,19-,23-/m1/s1. The first-order valence-corrected chi connectivity index (χ1v) is 10.5. The van der Waals surface area contributed by atoms with Gasteiger partial charge in [0, 0.05) is 5.56 Å². The molecule has 1 aliphatic heterocycles. The van der Waals surface area contributed by atoms with E-state index in [1.807, 2.05) is 18.2 Å². The molecule has 1 saturated heterocycles. The van der Waals surface area contributed by atoms with Crippen LogP contribution in [0.25, 0.3) is 22.3 Å². The molecule has 34 heavy (non-hydrogen) atoms. The van der Waals surface area contributed by atoms with Crippen LogP contribution in [0.5, 0.6) is 5.75 Å².